The quantitative estimate of drug-likeness (QED) is 0.863. The number of anilines is 2. The number of amides is 1. The minimum Gasteiger partial charge on any atom is -0.381 e. The number of carbonyl (C=O) groups is 1. The first kappa shape index (κ1) is 14.1. The first-order valence-corrected chi connectivity index (χ1v) is 8.14. The fraction of sp³-hybridized carbons (Fsp3) is 0.353. The van der Waals surface area contributed by atoms with Gasteiger partial charge in [-0.15, -0.1) is 11.3 Å². The van der Waals surface area contributed by atoms with Crippen LogP contribution in [0.4, 0.5) is 11.4 Å². The number of hydrogen-bond acceptors (Lipinski definition) is 3. The molecule has 0 saturated heterocycles. The molecule has 1 aromatic heterocycles. The molecule has 1 fully saturated rings. The maximum absolute atomic E-state index is 11.8. The molecule has 0 radical (unpaired) electrons. The van der Waals surface area contributed by atoms with Gasteiger partial charge < -0.3 is 10.6 Å². The molecule has 21 heavy (non-hydrogen) atoms. The summed E-state index contributed by atoms with van der Waals surface area (Å²) in [6.45, 7) is 5.10. The second kappa shape index (κ2) is 5.90. The molecule has 1 heterocycles. The van der Waals surface area contributed by atoms with Gasteiger partial charge in [-0.2, -0.15) is 0 Å². The molecule has 3 nitrogen and oxygen atoms in total. The molecule has 3 rings (SSSR count). The van der Waals surface area contributed by atoms with E-state index in [1.807, 2.05) is 35.6 Å². The summed E-state index contributed by atoms with van der Waals surface area (Å²) in [5.74, 6) is 0.384. The Morgan fingerprint density at radius 2 is 2.00 bits per heavy atom. The van der Waals surface area contributed by atoms with Gasteiger partial charge in [-0.25, -0.2) is 0 Å². The zero-order valence-corrected chi connectivity index (χ0v) is 13.2. The van der Waals surface area contributed by atoms with Gasteiger partial charge in [-0.05, 0) is 56.5 Å². The van der Waals surface area contributed by atoms with Gasteiger partial charge in [0.1, 0.15) is 0 Å². The van der Waals surface area contributed by atoms with Gasteiger partial charge in [0.15, 0.2) is 0 Å². The van der Waals surface area contributed by atoms with Crippen molar-refractivity contribution >= 4 is 28.6 Å². The predicted octanol–water partition coefficient (Wildman–Crippen LogP) is 4.33. The summed E-state index contributed by atoms with van der Waals surface area (Å²) in [7, 11) is 0. The van der Waals surface area contributed by atoms with Gasteiger partial charge in [0.2, 0.25) is 5.91 Å². The van der Waals surface area contributed by atoms with E-state index < -0.39 is 0 Å². The molecule has 2 N–H and O–H groups in total. The number of carbonyl (C=O) groups excluding carboxylic acids is 1. The van der Waals surface area contributed by atoms with Crippen molar-refractivity contribution in [3.63, 3.8) is 0 Å². The largest absolute Gasteiger partial charge is 0.381 e. The predicted molar refractivity (Wildman–Crippen MR) is 88.9 cm³/mol. The maximum Gasteiger partial charge on any atom is 0.227 e. The highest BCUT2D eigenvalue weighted by atomic mass is 32.1. The number of hydrogen-bond donors (Lipinski definition) is 2. The molecule has 110 valence electrons. The maximum atomic E-state index is 11.8. The Kier molecular flexibility index (Phi) is 3.97. The highest BCUT2D eigenvalue weighted by Crippen LogP contribution is 2.30. The number of benzene rings is 1. The van der Waals surface area contributed by atoms with Crippen molar-refractivity contribution in [1.29, 1.82) is 0 Å². The Morgan fingerprint density at radius 1 is 1.24 bits per heavy atom. The fourth-order valence-electron chi connectivity index (χ4n) is 2.35. The Morgan fingerprint density at radius 3 is 2.67 bits per heavy atom. The molecule has 2 aromatic rings. The summed E-state index contributed by atoms with van der Waals surface area (Å²) >= 11 is 1.83. The fourth-order valence-corrected chi connectivity index (χ4v) is 3.30. The Hall–Kier alpha value is -1.81. The van der Waals surface area contributed by atoms with E-state index in [2.05, 4.69) is 30.5 Å². The Balaban J connectivity index is 1.62. The van der Waals surface area contributed by atoms with Crippen molar-refractivity contribution in [3.05, 3.63) is 45.6 Å². The van der Waals surface area contributed by atoms with Crippen LogP contribution in [-0.2, 0) is 11.3 Å². The van der Waals surface area contributed by atoms with Gasteiger partial charge in [0.05, 0.1) is 0 Å². The summed E-state index contributed by atoms with van der Waals surface area (Å²) in [6, 6.07) is 10.2. The van der Waals surface area contributed by atoms with Crippen LogP contribution < -0.4 is 10.6 Å². The van der Waals surface area contributed by atoms with Crippen LogP contribution in [-0.4, -0.2) is 5.91 Å². The lowest BCUT2D eigenvalue weighted by atomic mass is 10.2. The summed E-state index contributed by atoms with van der Waals surface area (Å²) in [5.41, 5.74) is 3.24. The van der Waals surface area contributed by atoms with Crippen LogP contribution in [0.1, 0.15) is 28.2 Å². The third kappa shape index (κ3) is 3.64. The summed E-state index contributed by atoms with van der Waals surface area (Å²) < 4.78 is 0. The van der Waals surface area contributed by atoms with Crippen LogP contribution >= 0.6 is 11.3 Å². The average molecular weight is 300 g/mol. The molecule has 4 heteroatoms. The standard InChI is InChI=1S/C17H20N2OS/c1-11-8-14(12(2)21-11)10-18-15-4-3-5-16(9-15)19-17(20)13-6-7-13/h3-5,8-9,13,18H,6-7,10H2,1-2H3,(H,19,20). The second-order valence-corrected chi connectivity index (χ2v) is 7.10. The minimum atomic E-state index is 0.149. The van der Waals surface area contributed by atoms with Gasteiger partial charge in [-0.3, -0.25) is 4.79 Å². The van der Waals surface area contributed by atoms with Crippen molar-refractivity contribution in [2.75, 3.05) is 10.6 Å². The molecule has 0 unspecified atom stereocenters. The van der Waals surface area contributed by atoms with Gasteiger partial charge in [-0.1, -0.05) is 6.07 Å². The third-order valence-electron chi connectivity index (χ3n) is 3.70. The monoisotopic (exact) mass is 300 g/mol. The minimum absolute atomic E-state index is 0.149. The van der Waals surface area contributed by atoms with Crippen LogP contribution in [0.2, 0.25) is 0 Å². The zero-order chi connectivity index (χ0) is 14.8. The molecule has 0 aliphatic heterocycles. The smallest absolute Gasteiger partial charge is 0.227 e. The van der Waals surface area contributed by atoms with E-state index in [1.54, 1.807) is 0 Å². The molecular formula is C17H20N2OS. The van der Waals surface area contributed by atoms with Crippen LogP contribution in [0.5, 0.6) is 0 Å². The molecule has 1 amide bonds. The first-order valence-electron chi connectivity index (χ1n) is 7.32. The number of rotatable bonds is 5. The lowest BCUT2D eigenvalue weighted by molar-refractivity contribution is -0.117. The summed E-state index contributed by atoms with van der Waals surface area (Å²) in [6.07, 6.45) is 2.06. The van der Waals surface area contributed by atoms with Crippen molar-refractivity contribution < 1.29 is 4.79 Å². The van der Waals surface area contributed by atoms with Gasteiger partial charge in [0, 0.05) is 33.6 Å². The highest BCUT2D eigenvalue weighted by molar-refractivity contribution is 7.12. The molecule has 0 spiro atoms. The Labute approximate surface area is 129 Å². The van der Waals surface area contributed by atoms with E-state index in [1.165, 1.54) is 15.3 Å². The molecule has 1 aromatic carbocycles. The first-order chi connectivity index (χ1) is 10.1. The molecule has 1 aliphatic carbocycles. The van der Waals surface area contributed by atoms with E-state index >= 15 is 0 Å². The van der Waals surface area contributed by atoms with Gasteiger partial charge in [0.25, 0.3) is 0 Å². The van der Waals surface area contributed by atoms with Crippen molar-refractivity contribution in [3.8, 4) is 0 Å². The summed E-state index contributed by atoms with van der Waals surface area (Å²) in [5, 5.41) is 6.41. The molecule has 1 aliphatic rings. The van der Waals surface area contributed by atoms with E-state index in [0.717, 1.165) is 30.8 Å². The average Bonchev–Trinajstić information content (AvgIpc) is 3.23. The van der Waals surface area contributed by atoms with Crippen molar-refractivity contribution in [2.24, 2.45) is 5.92 Å². The SMILES string of the molecule is Cc1cc(CNc2cccc(NC(=O)C3CC3)c2)c(C)s1. The molecule has 0 bridgehead atoms. The Bertz CT molecular complexity index is 659. The molecule has 0 atom stereocenters. The zero-order valence-electron chi connectivity index (χ0n) is 12.4. The van der Waals surface area contributed by atoms with Crippen molar-refractivity contribution in [2.45, 2.75) is 33.2 Å². The lowest BCUT2D eigenvalue weighted by Gasteiger charge is -2.09. The van der Waals surface area contributed by atoms with Crippen LogP contribution in [0.15, 0.2) is 30.3 Å². The summed E-state index contributed by atoms with van der Waals surface area (Å²) in [4.78, 5) is 14.5. The normalized spacial score (nSPS) is 14.0. The van der Waals surface area contributed by atoms with Crippen LogP contribution in [0, 0.1) is 19.8 Å². The van der Waals surface area contributed by atoms with E-state index in [-0.39, 0.29) is 11.8 Å². The van der Waals surface area contributed by atoms with E-state index in [4.69, 9.17) is 0 Å². The van der Waals surface area contributed by atoms with Gasteiger partial charge >= 0.3 is 0 Å². The number of aryl methyl sites for hydroxylation is 2. The lowest BCUT2D eigenvalue weighted by Crippen LogP contribution is -2.13. The third-order valence-corrected chi connectivity index (χ3v) is 4.71. The highest BCUT2D eigenvalue weighted by Gasteiger charge is 2.29. The molecular weight excluding hydrogens is 280 g/mol. The van der Waals surface area contributed by atoms with Crippen molar-refractivity contribution in [1.82, 2.24) is 0 Å². The molecule has 1 saturated carbocycles. The van der Waals surface area contributed by atoms with Crippen LogP contribution in [0.3, 0.4) is 0 Å². The number of nitrogens with one attached hydrogen (secondary N) is 2. The van der Waals surface area contributed by atoms with E-state index in [0.29, 0.717) is 0 Å². The second-order valence-electron chi connectivity index (χ2n) is 5.64. The van der Waals surface area contributed by atoms with Crippen LogP contribution in [0.25, 0.3) is 0 Å². The topological polar surface area (TPSA) is 41.1 Å². The number of thiophene rings is 1. The van der Waals surface area contributed by atoms with E-state index in [9.17, 15) is 4.79 Å².